The van der Waals surface area contributed by atoms with Crippen LogP contribution in [0.5, 0.6) is 0 Å². The summed E-state index contributed by atoms with van der Waals surface area (Å²) in [5.41, 5.74) is 3.00. The number of rotatable bonds is 4. The van der Waals surface area contributed by atoms with Crippen LogP contribution in [0.15, 0.2) is 30.3 Å². The van der Waals surface area contributed by atoms with E-state index in [1.165, 1.54) is 12.1 Å². The number of hydrogen-bond acceptors (Lipinski definition) is 4. The number of carboxylic acid groups (broad SMARTS) is 1. The minimum atomic E-state index is -1.08. The van der Waals surface area contributed by atoms with Crippen molar-refractivity contribution >= 4 is 29.2 Å². The van der Waals surface area contributed by atoms with Crippen LogP contribution in [0, 0.1) is 6.92 Å². The summed E-state index contributed by atoms with van der Waals surface area (Å²) in [5, 5.41) is 11.8. The van der Waals surface area contributed by atoms with Crippen LogP contribution in [-0.2, 0) is 11.2 Å². The summed E-state index contributed by atoms with van der Waals surface area (Å²) < 4.78 is 0. The van der Waals surface area contributed by atoms with E-state index in [0.29, 0.717) is 25.1 Å². The van der Waals surface area contributed by atoms with Gasteiger partial charge in [0.05, 0.1) is 11.3 Å². The van der Waals surface area contributed by atoms with E-state index in [2.05, 4.69) is 10.3 Å². The summed E-state index contributed by atoms with van der Waals surface area (Å²) in [6, 6.07) is 8.20. The fourth-order valence-electron chi connectivity index (χ4n) is 3.09. The van der Waals surface area contributed by atoms with E-state index in [9.17, 15) is 14.4 Å². The van der Waals surface area contributed by atoms with Gasteiger partial charge in [0.15, 0.2) is 0 Å². The highest BCUT2D eigenvalue weighted by atomic mass is 16.4. The summed E-state index contributed by atoms with van der Waals surface area (Å²) >= 11 is 0. The normalized spacial score (nSPS) is 13.3. The molecule has 1 aromatic heterocycles. The van der Waals surface area contributed by atoms with E-state index in [1.807, 2.05) is 19.1 Å². The fourth-order valence-corrected chi connectivity index (χ4v) is 3.09. The predicted molar refractivity (Wildman–Crippen MR) is 96.7 cm³/mol. The van der Waals surface area contributed by atoms with Gasteiger partial charge in [-0.3, -0.25) is 9.59 Å². The molecule has 26 heavy (non-hydrogen) atoms. The highest BCUT2D eigenvalue weighted by Gasteiger charge is 2.23. The van der Waals surface area contributed by atoms with Crippen molar-refractivity contribution in [1.82, 2.24) is 4.98 Å². The van der Waals surface area contributed by atoms with Crippen molar-refractivity contribution in [2.75, 3.05) is 16.8 Å². The minimum absolute atomic E-state index is 0.0691. The number of hydrogen-bond donors (Lipinski definition) is 2. The standard InChI is InChI=1S/C19H19N3O4/c1-3-22-16-8-5-13(10-12(16)4-9-17(22)23)21-18(24)15-7-6-14(19(25)26)11(2)20-15/h5-8,10H,3-4,9H2,1-2H3,(H,21,24)(H,25,26). The van der Waals surface area contributed by atoms with Crippen molar-refractivity contribution < 1.29 is 19.5 Å². The number of aromatic carboxylic acids is 1. The lowest BCUT2D eigenvalue weighted by atomic mass is 10.0. The molecule has 0 aliphatic carbocycles. The lowest BCUT2D eigenvalue weighted by molar-refractivity contribution is -0.118. The van der Waals surface area contributed by atoms with E-state index in [-0.39, 0.29) is 22.9 Å². The molecular formula is C19H19N3O4. The van der Waals surface area contributed by atoms with Crippen molar-refractivity contribution in [1.29, 1.82) is 0 Å². The number of aryl methyl sites for hydroxylation is 2. The molecule has 0 saturated carbocycles. The Morgan fingerprint density at radius 2 is 2.00 bits per heavy atom. The second-order valence-electron chi connectivity index (χ2n) is 6.07. The molecule has 0 radical (unpaired) electrons. The molecule has 2 aromatic rings. The lowest BCUT2D eigenvalue weighted by Gasteiger charge is -2.28. The molecule has 0 unspecified atom stereocenters. The first-order chi connectivity index (χ1) is 12.4. The number of carbonyl (C=O) groups is 3. The zero-order valence-corrected chi connectivity index (χ0v) is 14.6. The van der Waals surface area contributed by atoms with Crippen molar-refractivity contribution in [3.8, 4) is 0 Å². The van der Waals surface area contributed by atoms with E-state index in [0.717, 1.165) is 11.3 Å². The summed E-state index contributed by atoms with van der Waals surface area (Å²) in [7, 11) is 0. The van der Waals surface area contributed by atoms with Gasteiger partial charge in [0.1, 0.15) is 5.69 Å². The van der Waals surface area contributed by atoms with Crippen LogP contribution in [0.2, 0.25) is 0 Å². The highest BCUT2D eigenvalue weighted by Crippen LogP contribution is 2.30. The quantitative estimate of drug-likeness (QED) is 0.880. The third-order valence-electron chi connectivity index (χ3n) is 4.40. The Bertz CT molecular complexity index is 908. The first-order valence-electron chi connectivity index (χ1n) is 8.36. The van der Waals surface area contributed by atoms with Crippen LogP contribution in [-0.4, -0.2) is 34.4 Å². The molecule has 7 nitrogen and oxygen atoms in total. The van der Waals surface area contributed by atoms with E-state index in [1.54, 1.807) is 17.9 Å². The van der Waals surface area contributed by atoms with E-state index < -0.39 is 11.9 Å². The molecule has 0 saturated heterocycles. The molecule has 1 aliphatic rings. The van der Waals surface area contributed by atoms with Gasteiger partial charge in [-0.25, -0.2) is 9.78 Å². The molecule has 3 rings (SSSR count). The zero-order valence-electron chi connectivity index (χ0n) is 14.6. The van der Waals surface area contributed by atoms with Gasteiger partial charge in [-0.2, -0.15) is 0 Å². The van der Waals surface area contributed by atoms with Gasteiger partial charge in [0.2, 0.25) is 5.91 Å². The van der Waals surface area contributed by atoms with Crippen LogP contribution in [0.3, 0.4) is 0 Å². The largest absolute Gasteiger partial charge is 0.478 e. The van der Waals surface area contributed by atoms with Crippen molar-refractivity contribution in [3.63, 3.8) is 0 Å². The van der Waals surface area contributed by atoms with Crippen LogP contribution >= 0.6 is 0 Å². The van der Waals surface area contributed by atoms with Crippen LogP contribution in [0.4, 0.5) is 11.4 Å². The Balaban J connectivity index is 1.81. The monoisotopic (exact) mass is 353 g/mol. The Morgan fingerprint density at radius 3 is 2.65 bits per heavy atom. The molecule has 0 atom stereocenters. The highest BCUT2D eigenvalue weighted by molar-refractivity contribution is 6.04. The van der Waals surface area contributed by atoms with E-state index in [4.69, 9.17) is 5.11 Å². The van der Waals surface area contributed by atoms with Crippen molar-refractivity contribution in [2.24, 2.45) is 0 Å². The fraction of sp³-hybridized carbons (Fsp3) is 0.263. The Kier molecular flexibility index (Phi) is 4.71. The summed E-state index contributed by atoms with van der Waals surface area (Å²) in [5.74, 6) is -1.38. The number of amides is 2. The van der Waals surface area contributed by atoms with Gasteiger partial charge < -0.3 is 15.3 Å². The smallest absolute Gasteiger partial charge is 0.337 e. The van der Waals surface area contributed by atoms with Gasteiger partial charge in [-0.05, 0) is 56.2 Å². The maximum Gasteiger partial charge on any atom is 0.337 e. The van der Waals surface area contributed by atoms with Gasteiger partial charge in [0, 0.05) is 24.3 Å². The molecule has 2 amide bonds. The minimum Gasteiger partial charge on any atom is -0.478 e. The van der Waals surface area contributed by atoms with Gasteiger partial charge in [0.25, 0.3) is 5.91 Å². The number of aromatic nitrogens is 1. The number of pyridine rings is 1. The van der Waals surface area contributed by atoms with Crippen molar-refractivity contribution in [3.05, 3.63) is 52.8 Å². The summed E-state index contributed by atoms with van der Waals surface area (Å²) in [6.45, 7) is 4.09. The zero-order chi connectivity index (χ0) is 18.8. The van der Waals surface area contributed by atoms with E-state index >= 15 is 0 Å². The van der Waals surface area contributed by atoms with Crippen LogP contribution < -0.4 is 10.2 Å². The molecule has 1 aromatic carbocycles. The molecule has 2 N–H and O–H groups in total. The van der Waals surface area contributed by atoms with Crippen LogP contribution in [0.1, 0.15) is 45.4 Å². The van der Waals surface area contributed by atoms with Gasteiger partial charge >= 0.3 is 5.97 Å². The third kappa shape index (κ3) is 3.28. The number of carbonyl (C=O) groups excluding carboxylic acids is 2. The maximum absolute atomic E-state index is 12.4. The number of fused-ring (bicyclic) bond motifs is 1. The molecule has 7 heteroatoms. The SMILES string of the molecule is CCN1C(=O)CCc2cc(NC(=O)c3ccc(C(=O)O)c(C)n3)ccc21. The van der Waals surface area contributed by atoms with Gasteiger partial charge in [-0.15, -0.1) is 0 Å². The maximum atomic E-state index is 12.4. The average molecular weight is 353 g/mol. The topological polar surface area (TPSA) is 99.6 Å². The summed E-state index contributed by atoms with van der Waals surface area (Å²) in [4.78, 5) is 41.2. The molecule has 0 fully saturated rings. The second kappa shape index (κ2) is 6.95. The number of benzene rings is 1. The molecule has 2 heterocycles. The Morgan fingerprint density at radius 1 is 1.23 bits per heavy atom. The Hall–Kier alpha value is -3.22. The number of nitrogens with one attached hydrogen (secondary N) is 1. The third-order valence-corrected chi connectivity index (χ3v) is 4.40. The number of nitrogens with zero attached hydrogens (tertiary/aromatic N) is 2. The van der Waals surface area contributed by atoms with Gasteiger partial charge in [-0.1, -0.05) is 0 Å². The number of carboxylic acids is 1. The molecule has 0 bridgehead atoms. The molecule has 0 spiro atoms. The first kappa shape index (κ1) is 17.6. The van der Waals surface area contributed by atoms with Crippen molar-refractivity contribution in [2.45, 2.75) is 26.7 Å². The molecule has 1 aliphatic heterocycles. The van der Waals surface area contributed by atoms with Crippen LogP contribution in [0.25, 0.3) is 0 Å². The summed E-state index contributed by atoms with van der Waals surface area (Å²) in [6.07, 6.45) is 1.09. The predicted octanol–water partition coefficient (Wildman–Crippen LogP) is 2.64. The molecule has 134 valence electrons. The molecular weight excluding hydrogens is 334 g/mol. The first-order valence-corrected chi connectivity index (χ1v) is 8.36. The Labute approximate surface area is 150 Å². The lowest BCUT2D eigenvalue weighted by Crippen LogP contribution is -2.34. The average Bonchev–Trinajstić information content (AvgIpc) is 2.61. The second-order valence-corrected chi connectivity index (χ2v) is 6.07. The number of anilines is 2.